The summed E-state index contributed by atoms with van der Waals surface area (Å²) in [5.41, 5.74) is 11.5. The summed E-state index contributed by atoms with van der Waals surface area (Å²) in [4.78, 5) is 12.7. The molecule has 0 bridgehead atoms. The summed E-state index contributed by atoms with van der Waals surface area (Å²) in [6, 6.07) is 1.75. The van der Waals surface area contributed by atoms with Gasteiger partial charge in [-0.3, -0.25) is 0 Å². The SMILES string of the molecule is C=CC=CC(=C=C(C)C)c1cc(C(=O)OCC)c(N)s1. The molecule has 2 N–H and O–H groups in total. The minimum Gasteiger partial charge on any atom is -0.462 e. The molecule has 3 nitrogen and oxygen atoms in total. The van der Waals surface area contributed by atoms with E-state index in [0.717, 1.165) is 16.0 Å². The number of carbonyl (C=O) groups is 1. The summed E-state index contributed by atoms with van der Waals surface area (Å²) < 4.78 is 4.98. The average molecular weight is 289 g/mol. The third-order valence-corrected chi connectivity index (χ3v) is 3.30. The first-order chi connectivity index (χ1) is 9.49. The molecule has 4 heteroatoms. The Hall–Kier alpha value is -2.03. The maximum Gasteiger partial charge on any atom is 0.341 e. The molecule has 0 unspecified atom stereocenters. The Balaban J connectivity index is 3.28. The number of hydrogen-bond acceptors (Lipinski definition) is 4. The van der Waals surface area contributed by atoms with E-state index in [2.05, 4.69) is 12.3 Å². The maximum atomic E-state index is 11.8. The molecule has 0 saturated heterocycles. The highest BCUT2D eigenvalue weighted by Gasteiger charge is 2.16. The molecule has 0 aliphatic heterocycles. The van der Waals surface area contributed by atoms with E-state index in [4.69, 9.17) is 10.5 Å². The van der Waals surface area contributed by atoms with Gasteiger partial charge in [-0.25, -0.2) is 4.79 Å². The summed E-state index contributed by atoms with van der Waals surface area (Å²) >= 11 is 1.35. The molecule has 0 atom stereocenters. The second kappa shape index (κ2) is 7.53. The molecule has 1 aromatic heterocycles. The van der Waals surface area contributed by atoms with Crippen LogP contribution in [0.25, 0.3) is 5.57 Å². The van der Waals surface area contributed by atoms with Gasteiger partial charge in [0, 0.05) is 10.5 Å². The van der Waals surface area contributed by atoms with Crippen molar-refractivity contribution in [1.82, 2.24) is 0 Å². The number of rotatable bonds is 5. The number of esters is 1. The Labute approximate surface area is 123 Å². The molecular weight excluding hydrogens is 270 g/mol. The first-order valence-corrected chi connectivity index (χ1v) is 7.11. The molecule has 1 aromatic rings. The van der Waals surface area contributed by atoms with Crippen molar-refractivity contribution in [1.29, 1.82) is 0 Å². The number of nitrogen functional groups attached to an aromatic ring is 1. The zero-order valence-electron chi connectivity index (χ0n) is 12.0. The predicted octanol–water partition coefficient (Wildman–Crippen LogP) is 4.20. The van der Waals surface area contributed by atoms with Gasteiger partial charge in [-0.1, -0.05) is 18.7 Å². The van der Waals surface area contributed by atoms with E-state index in [1.165, 1.54) is 11.3 Å². The fraction of sp³-hybridized carbons (Fsp3) is 0.250. The van der Waals surface area contributed by atoms with Crippen LogP contribution in [-0.2, 0) is 4.74 Å². The number of nitrogens with two attached hydrogens (primary N) is 1. The van der Waals surface area contributed by atoms with Crippen LogP contribution in [-0.4, -0.2) is 12.6 Å². The molecular formula is C16H19NO2S. The van der Waals surface area contributed by atoms with Gasteiger partial charge in [0.25, 0.3) is 0 Å². The lowest BCUT2D eigenvalue weighted by Gasteiger charge is -1.98. The molecule has 0 aliphatic carbocycles. The van der Waals surface area contributed by atoms with Crippen LogP contribution >= 0.6 is 11.3 Å². The number of anilines is 1. The van der Waals surface area contributed by atoms with Crippen LogP contribution < -0.4 is 5.73 Å². The second-order valence-electron chi connectivity index (χ2n) is 4.24. The fourth-order valence-corrected chi connectivity index (χ4v) is 2.42. The van der Waals surface area contributed by atoms with Crippen LogP contribution in [0.1, 0.15) is 36.0 Å². The standard InChI is InChI=1S/C16H19NO2S/c1-5-7-8-12(9-11(3)4)14-10-13(15(17)20-14)16(18)19-6-2/h5,7-8,10H,1,6,17H2,2-4H3. The summed E-state index contributed by atoms with van der Waals surface area (Å²) in [6.07, 6.45) is 5.40. The van der Waals surface area contributed by atoms with E-state index >= 15 is 0 Å². The van der Waals surface area contributed by atoms with E-state index in [9.17, 15) is 4.79 Å². The van der Waals surface area contributed by atoms with Gasteiger partial charge in [-0.2, -0.15) is 0 Å². The van der Waals surface area contributed by atoms with Crippen molar-refractivity contribution in [3.05, 3.63) is 52.6 Å². The predicted molar refractivity (Wildman–Crippen MR) is 85.8 cm³/mol. The quantitative estimate of drug-likeness (QED) is 0.502. The molecule has 1 heterocycles. The first kappa shape index (κ1) is 16.0. The Bertz CT molecular complexity index is 598. The van der Waals surface area contributed by atoms with Gasteiger partial charge in [0.15, 0.2) is 0 Å². The zero-order valence-corrected chi connectivity index (χ0v) is 12.8. The van der Waals surface area contributed by atoms with Gasteiger partial charge in [0.1, 0.15) is 5.00 Å². The molecule has 20 heavy (non-hydrogen) atoms. The largest absolute Gasteiger partial charge is 0.462 e. The van der Waals surface area contributed by atoms with Crippen molar-refractivity contribution in [2.24, 2.45) is 0 Å². The first-order valence-electron chi connectivity index (χ1n) is 6.29. The van der Waals surface area contributed by atoms with Gasteiger partial charge in [0.05, 0.1) is 12.2 Å². The van der Waals surface area contributed by atoms with Crippen LogP contribution in [0.5, 0.6) is 0 Å². The minimum absolute atomic E-state index is 0.330. The summed E-state index contributed by atoms with van der Waals surface area (Å²) in [7, 11) is 0. The fourth-order valence-electron chi connectivity index (χ4n) is 1.53. The monoisotopic (exact) mass is 289 g/mol. The van der Waals surface area contributed by atoms with Crippen molar-refractivity contribution in [3.63, 3.8) is 0 Å². The Kier molecular flexibility index (Phi) is 6.04. The lowest BCUT2D eigenvalue weighted by Crippen LogP contribution is -2.05. The highest BCUT2D eigenvalue weighted by molar-refractivity contribution is 7.17. The van der Waals surface area contributed by atoms with Crippen LogP contribution in [0.3, 0.4) is 0 Å². The second-order valence-corrected chi connectivity index (χ2v) is 5.33. The van der Waals surface area contributed by atoms with Crippen molar-refractivity contribution in [2.45, 2.75) is 20.8 Å². The molecule has 0 amide bonds. The molecule has 0 saturated carbocycles. The molecule has 0 fully saturated rings. The van der Waals surface area contributed by atoms with Gasteiger partial charge in [-0.05, 0) is 38.5 Å². The molecule has 1 rings (SSSR count). The molecule has 0 aromatic carbocycles. The topological polar surface area (TPSA) is 52.3 Å². The molecule has 0 spiro atoms. The summed E-state index contributed by atoms with van der Waals surface area (Å²) in [5, 5.41) is 0.457. The van der Waals surface area contributed by atoms with Crippen LogP contribution in [0.15, 0.2) is 42.2 Å². The minimum atomic E-state index is -0.392. The van der Waals surface area contributed by atoms with Crippen LogP contribution in [0, 0.1) is 0 Å². The van der Waals surface area contributed by atoms with E-state index < -0.39 is 5.97 Å². The van der Waals surface area contributed by atoms with Crippen LogP contribution in [0.4, 0.5) is 5.00 Å². The van der Waals surface area contributed by atoms with Gasteiger partial charge in [-0.15, -0.1) is 17.1 Å². The van der Waals surface area contributed by atoms with E-state index in [0.29, 0.717) is 17.2 Å². The zero-order chi connectivity index (χ0) is 15.1. The molecule has 0 radical (unpaired) electrons. The normalized spacial score (nSPS) is 10.2. The van der Waals surface area contributed by atoms with E-state index in [1.807, 2.05) is 26.0 Å². The Morgan fingerprint density at radius 2 is 2.25 bits per heavy atom. The van der Waals surface area contributed by atoms with E-state index in [1.54, 1.807) is 19.1 Å². The van der Waals surface area contributed by atoms with E-state index in [-0.39, 0.29) is 0 Å². The third-order valence-electron chi connectivity index (χ3n) is 2.31. The summed E-state index contributed by atoms with van der Waals surface area (Å²) in [5.74, 6) is -0.392. The van der Waals surface area contributed by atoms with Gasteiger partial charge < -0.3 is 10.5 Å². The van der Waals surface area contributed by atoms with Crippen molar-refractivity contribution >= 4 is 27.9 Å². The average Bonchev–Trinajstić information content (AvgIpc) is 2.76. The smallest absolute Gasteiger partial charge is 0.341 e. The van der Waals surface area contributed by atoms with Crippen molar-refractivity contribution in [3.8, 4) is 0 Å². The number of carbonyl (C=O) groups excluding carboxylic acids is 1. The molecule has 0 aliphatic rings. The van der Waals surface area contributed by atoms with Crippen molar-refractivity contribution in [2.75, 3.05) is 12.3 Å². The molecule has 106 valence electrons. The van der Waals surface area contributed by atoms with Crippen molar-refractivity contribution < 1.29 is 9.53 Å². The highest BCUT2D eigenvalue weighted by atomic mass is 32.1. The number of thiophene rings is 1. The Morgan fingerprint density at radius 1 is 1.55 bits per heavy atom. The maximum absolute atomic E-state index is 11.8. The van der Waals surface area contributed by atoms with Crippen LogP contribution in [0.2, 0.25) is 0 Å². The van der Waals surface area contributed by atoms with Gasteiger partial charge >= 0.3 is 5.97 Å². The highest BCUT2D eigenvalue weighted by Crippen LogP contribution is 2.31. The Morgan fingerprint density at radius 3 is 2.80 bits per heavy atom. The van der Waals surface area contributed by atoms with Gasteiger partial charge in [0.2, 0.25) is 0 Å². The third kappa shape index (κ3) is 4.26. The number of hydrogen-bond donors (Lipinski definition) is 1. The lowest BCUT2D eigenvalue weighted by atomic mass is 10.1. The number of ether oxygens (including phenoxy) is 1. The number of allylic oxidation sites excluding steroid dienone is 4. The summed E-state index contributed by atoms with van der Waals surface area (Å²) in [6.45, 7) is 9.67. The lowest BCUT2D eigenvalue weighted by molar-refractivity contribution is 0.0528.